The normalized spacial score (nSPS) is 34.1. The zero-order chi connectivity index (χ0) is 14.0. The van der Waals surface area contributed by atoms with Crippen LogP contribution in [0.15, 0.2) is 30.3 Å². The third-order valence-electron chi connectivity index (χ3n) is 4.96. The summed E-state index contributed by atoms with van der Waals surface area (Å²) < 4.78 is 5.48. The molecule has 110 valence electrons. The summed E-state index contributed by atoms with van der Waals surface area (Å²) >= 11 is 0. The standard InChI is InChI=1S/C17H25NO2/c1-20-13-17-8-7-16(19)15(9-17)11-18(12-17)10-14-5-3-2-4-6-14/h2-6,15-16,19H,7-13H2,1H3/t15-,16-,17-/m1/s1. The van der Waals surface area contributed by atoms with Crippen LogP contribution in [0.4, 0.5) is 0 Å². The van der Waals surface area contributed by atoms with E-state index in [2.05, 4.69) is 35.2 Å². The van der Waals surface area contributed by atoms with Crippen molar-refractivity contribution in [2.75, 3.05) is 26.8 Å². The molecule has 0 aromatic heterocycles. The average Bonchev–Trinajstić information content (AvgIpc) is 2.45. The predicted molar refractivity (Wildman–Crippen MR) is 79.4 cm³/mol. The lowest BCUT2D eigenvalue weighted by atomic mass is 9.66. The minimum Gasteiger partial charge on any atom is -0.393 e. The second-order valence-electron chi connectivity index (χ2n) is 6.66. The van der Waals surface area contributed by atoms with Gasteiger partial charge >= 0.3 is 0 Å². The molecule has 3 nitrogen and oxygen atoms in total. The SMILES string of the molecule is COC[C@@]12CC[C@@H](O)[C@@H](CN(Cc3ccccc3)C1)C2. The van der Waals surface area contributed by atoms with Gasteiger partial charge in [0.25, 0.3) is 0 Å². The maximum absolute atomic E-state index is 10.2. The zero-order valence-corrected chi connectivity index (χ0v) is 12.3. The van der Waals surface area contributed by atoms with E-state index in [0.717, 1.165) is 45.5 Å². The minimum atomic E-state index is -0.126. The van der Waals surface area contributed by atoms with E-state index in [1.165, 1.54) is 5.56 Å². The van der Waals surface area contributed by atoms with Crippen LogP contribution < -0.4 is 0 Å². The molecule has 3 heteroatoms. The highest BCUT2D eigenvalue weighted by Crippen LogP contribution is 2.44. The lowest BCUT2D eigenvalue weighted by molar-refractivity contribution is -0.0907. The van der Waals surface area contributed by atoms with Gasteiger partial charge in [0.2, 0.25) is 0 Å². The summed E-state index contributed by atoms with van der Waals surface area (Å²) in [6.07, 6.45) is 3.02. The van der Waals surface area contributed by atoms with E-state index in [4.69, 9.17) is 4.74 Å². The Morgan fingerprint density at radius 2 is 2.15 bits per heavy atom. The van der Waals surface area contributed by atoms with Gasteiger partial charge < -0.3 is 9.84 Å². The number of aliphatic hydroxyl groups excluding tert-OH is 1. The zero-order valence-electron chi connectivity index (χ0n) is 12.3. The van der Waals surface area contributed by atoms with Crippen LogP contribution in [0.5, 0.6) is 0 Å². The average molecular weight is 275 g/mol. The van der Waals surface area contributed by atoms with E-state index in [1.54, 1.807) is 7.11 Å². The predicted octanol–water partition coefficient (Wildman–Crippen LogP) is 2.30. The van der Waals surface area contributed by atoms with Gasteiger partial charge in [-0.05, 0) is 30.7 Å². The fourth-order valence-corrected chi connectivity index (χ4v) is 4.13. The van der Waals surface area contributed by atoms with Crippen molar-refractivity contribution in [3.05, 3.63) is 35.9 Å². The number of likely N-dealkylation sites (tertiary alicyclic amines) is 1. The molecule has 1 aliphatic heterocycles. The summed E-state index contributed by atoms with van der Waals surface area (Å²) in [5.74, 6) is 0.413. The van der Waals surface area contributed by atoms with Crippen molar-refractivity contribution in [1.82, 2.24) is 4.90 Å². The van der Waals surface area contributed by atoms with Gasteiger partial charge in [0.15, 0.2) is 0 Å². The molecule has 1 aromatic rings. The number of fused-ring (bicyclic) bond motifs is 2. The van der Waals surface area contributed by atoms with E-state index in [9.17, 15) is 5.11 Å². The monoisotopic (exact) mass is 275 g/mol. The van der Waals surface area contributed by atoms with Crippen LogP contribution in [0.25, 0.3) is 0 Å². The molecule has 1 N–H and O–H groups in total. The molecule has 1 aromatic carbocycles. The highest BCUT2D eigenvalue weighted by Gasteiger charge is 2.45. The number of methoxy groups -OCH3 is 1. The Morgan fingerprint density at radius 3 is 2.90 bits per heavy atom. The number of aliphatic hydroxyl groups is 1. The number of rotatable bonds is 4. The van der Waals surface area contributed by atoms with Crippen LogP contribution >= 0.6 is 0 Å². The molecular formula is C17H25NO2. The number of nitrogens with zero attached hydrogens (tertiary/aromatic N) is 1. The summed E-state index contributed by atoms with van der Waals surface area (Å²) in [5, 5.41) is 10.2. The van der Waals surface area contributed by atoms with Crippen LogP contribution in [-0.2, 0) is 11.3 Å². The lowest BCUT2D eigenvalue weighted by Crippen LogP contribution is -2.54. The smallest absolute Gasteiger partial charge is 0.0581 e. The van der Waals surface area contributed by atoms with Crippen LogP contribution in [0.3, 0.4) is 0 Å². The fraction of sp³-hybridized carbons (Fsp3) is 0.647. The molecule has 1 saturated carbocycles. The largest absolute Gasteiger partial charge is 0.393 e. The van der Waals surface area contributed by atoms with E-state index in [-0.39, 0.29) is 11.5 Å². The van der Waals surface area contributed by atoms with Crippen molar-refractivity contribution in [3.8, 4) is 0 Å². The van der Waals surface area contributed by atoms with Gasteiger partial charge in [-0.3, -0.25) is 4.90 Å². The Morgan fingerprint density at radius 1 is 1.35 bits per heavy atom. The number of piperidine rings is 1. The maximum Gasteiger partial charge on any atom is 0.0581 e. The van der Waals surface area contributed by atoms with Crippen LogP contribution in [0, 0.1) is 11.3 Å². The molecule has 2 fully saturated rings. The van der Waals surface area contributed by atoms with Crippen molar-refractivity contribution >= 4 is 0 Å². The molecule has 0 radical (unpaired) electrons. The van der Waals surface area contributed by atoms with Gasteiger partial charge in [0.05, 0.1) is 12.7 Å². The third kappa shape index (κ3) is 2.90. The van der Waals surface area contributed by atoms with E-state index < -0.39 is 0 Å². The first-order valence-electron chi connectivity index (χ1n) is 7.64. The van der Waals surface area contributed by atoms with E-state index in [0.29, 0.717) is 5.92 Å². The Labute approximate surface area is 121 Å². The van der Waals surface area contributed by atoms with Crippen molar-refractivity contribution in [1.29, 1.82) is 0 Å². The first-order chi connectivity index (χ1) is 9.71. The molecule has 3 atom stereocenters. The molecule has 20 heavy (non-hydrogen) atoms. The molecular weight excluding hydrogens is 250 g/mol. The molecule has 2 bridgehead atoms. The molecule has 2 aliphatic rings. The number of benzene rings is 1. The lowest BCUT2D eigenvalue weighted by Gasteiger charge is -2.51. The van der Waals surface area contributed by atoms with Gasteiger partial charge in [0.1, 0.15) is 0 Å². The Kier molecular flexibility index (Phi) is 4.11. The molecule has 3 rings (SSSR count). The summed E-state index contributed by atoms with van der Waals surface area (Å²) in [7, 11) is 1.80. The van der Waals surface area contributed by atoms with Gasteiger partial charge in [-0.15, -0.1) is 0 Å². The minimum absolute atomic E-state index is 0.126. The number of ether oxygens (including phenoxy) is 1. The van der Waals surface area contributed by atoms with Crippen molar-refractivity contribution in [3.63, 3.8) is 0 Å². The highest BCUT2D eigenvalue weighted by molar-refractivity contribution is 5.15. The van der Waals surface area contributed by atoms with E-state index >= 15 is 0 Å². The summed E-state index contributed by atoms with van der Waals surface area (Å²) in [4.78, 5) is 2.50. The molecule has 1 heterocycles. The topological polar surface area (TPSA) is 32.7 Å². The van der Waals surface area contributed by atoms with Gasteiger partial charge in [-0.2, -0.15) is 0 Å². The molecule has 0 amide bonds. The quantitative estimate of drug-likeness (QED) is 0.915. The number of hydrogen-bond acceptors (Lipinski definition) is 3. The summed E-state index contributed by atoms with van der Waals surface area (Å²) in [6, 6.07) is 10.6. The Bertz CT molecular complexity index is 436. The summed E-state index contributed by atoms with van der Waals surface area (Å²) in [6.45, 7) is 3.91. The second kappa shape index (κ2) is 5.84. The van der Waals surface area contributed by atoms with Crippen molar-refractivity contribution in [2.45, 2.75) is 31.9 Å². The number of hydrogen-bond donors (Lipinski definition) is 1. The Balaban J connectivity index is 1.73. The molecule has 0 spiro atoms. The first kappa shape index (κ1) is 14.1. The Hall–Kier alpha value is -0.900. The van der Waals surface area contributed by atoms with Crippen molar-refractivity contribution < 1.29 is 9.84 Å². The second-order valence-corrected chi connectivity index (χ2v) is 6.66. The van der Waals surface area contributed by atoms with Crippen molar-refractivity contribution in [2.24, 2.45) is 11.3 Å². The van der Waals surface area contributed by atoms with Crippen LogP contribution in [0.1, 0.15) is 24.8 Å². The molecule has 1 saturated heterocycles. The molecule has 0 unspecified atom stereocenters. The van der Waals surface area contributed by atoms with Gasteiger partial charge in [0, 0.05) is 32.2 Å². The van der Waals surface area contributed by atoms with Gasteiger partial charge in [-0.25, -0.2) is 0 Å². The first-order valence-corrected chi connectivity index (χ1v) is 7.64. The maximum atomic E-state index is 10.2. The molecule has 1 aliphatic carbocycles. The van der Waals surface area contributed by atoms with Crippen LogP contribution in [-0.4, -0.2) is 42.9 Å². The van der Waals surface area contributed by atoms with E-state index in [1.807, 2.05) is 0 Å². The summed E-state index contributed by atoms with van der Waals surface area (Å²) in [5.41, 5.74) is 1.61. The third-order valence-corrected chi connectivity index (χ3v) is 4.96. The van der Waals surface area contributed by atoms with Gasteiger partial charge in [-0.1, -0.05) is 30.3 Å². The fourth-order valence-electron chi connectivity index (χ4n) is 4.13. The highest BCUT2D eigenvalue weighted by atomic mass is 16.5. The van der Waals surface area contributed by atoms with Crippen LogP contribution in [0.2, 0.25) is 0 Å².